The highest BCUT2D eigenvalue weighted by atomic mass is 16.1. The third-order valence-corrected chi connectivity index (χ3v) is 5.89. The van der Waals surface area contributed by atoms with Gasteiger partial charge < -0.3 is 5.43 Å². The summed E-state index contributed by atoms with van der Waals surface area (Å²) in [7, 11) is 0. The third-order valence-electron chi connectivity index (χ3n) is 5.89. The summed E-state index contributed by atoms with van der Waals surface area (Å²) in [6.07, 6.45) is 2.31. The average Bonchev–Trinajstić information content (AvgIpc) is 3.07. The number of hydrazine groups is 1. The molecular formula is C21H22N4O. The molecule has 2 aromatic carbocycles. The fourth-order valence-corrected chi connectivity index (χ4v) is 4.59. The van der Waals surface area contributed by atoms with E-state index < -0.39 is 0 Å². The molecule has 5 rings (SSSR count). The lowest BCUT2D eigenvalue weighted by Crippen LogP contribution is -2.55. The predicted octanol–water partition coefficient (Wildman–Crippen LogP) is 3.22. The normalized spacial score (nSPS) is 29.5. The number of benzene rings is 2. The van der Waals surface area contributed by atoms with E-state index in [0.29, 0.717) is 18.1 Å². The van der Waals surface area contributed by atoms with Gasteiger partial charge in [-0.2, -0.15) is 5.10 Å². The van der Waals surface area contributed by atoms with Crippen molar-refractivity contribution >= 4 is 22.9 Å². The van der Waals surface area contributed by atoms with Crippen LogP contribution in [0.25, 0.3) is 0 Å². The number of hydrogen-bond donors (Lipinski definition) is 2. The van der Waals surface area contributed by atoms with Gasteiger partial charge in [0.05, 0.1) is 11.7 Å². The van der Waals surface area contributed by atoms with Crippen molar-refractivity contribution in [3.05, 3.63) is 60.7 Å². The number of para-hydroxylation sites is 2. The van der Waals surface area contributed by atoms with Crippen molar-refractivity contribution in [2.45, 2.75) is 31.3 Å². The van der Waals surface area contributed by atoms with Crippen LogP contribution < -0.4 is 15.9 Å². The van der Waals surface area contributed by atoms with E-state index in [1.54, 1.807) is 0 Å². The second kappa shape index (κ2) is 6.25. The van der Waals surface area contributed by atoms with Gasteiger partial charge in [-0.1, -0.05) is 36.4 Å². The lowest BCUT2D eigenvalue weighted by Gasteiger charge is -2.41. The van der Waals surface area contributed by atoms with Crippen molar-refractivity contribution in [1.82, 2.24) is 5.43 Å². The molecule has 2 saturated carbocycles. The maximum absolute atomic E-state index is 12.8. The van der Waals surface area contributed by atoms with Crippen molar-refractivity contribution in [2.75, 3.05) is 10.4 Å². The number of hydrazone groups is 1. The summed E-state index contributed by atoms with van der Waals surface area (Å²) in [4.78, 5) is 12.8. The number of rotatable bonds is 4. The Morgan fingerprint density at radius 1 is 0.923 bits per heavy atom. The Hall–Kier alpha value is -2.66. The van der Waals surface area contributed by atoms with Crippen molar-refractivity contribution in [3.8, 4) is 0 Å². The van der Waals surface area contributed by atoms with Gasteiger partial charge in [-0.25, -0.2) is 5.43 Å². The molecule has 2 aliphatic carbocycles. The second-order valence-corrected chi connectivity index (χ2v) is 7.40. The van der Waals surface area contributed by atoms with Crippen LogP contribution >= 0.6 is 0 Å². The minimum Gasteiger partial charge on any atom is -0.321 e. The SMILES string of the molecule is O=C1CC2C3CC1C(NNc1ccccc1)CC3=NN2c1ccccc1. The number of Topliss-reactive ketones (excluding diaryl/α,β-unsaturated/α-hetero) is 1. The maximum Gasteiger partial charge on any atom is 0.139 e. The molecule has 132 valence electrons. The van der Waals surface area contributed by atoms with Crippen molar-refractivity contribution in [2.24, 2.45) is 16.9 Å². The number of fused-ring (bicyclic) bond motifs is 1. The van der Waals surface area contributed by atoms with Gasteiger partial charge >= 0.3 is 0 Å². The molecule has 2 bridgehead atoms. The highest BCUT2D eigenvalue weighted by Crippen LogP contribution is 2.44. The van der Waals surface area contributed by atoms with Crippen molar-refractivity contribution < 1.29 is 4.79 Å². The molecule has 2 N–H and O–H groups in total. The first-order valence-corrected chi connectivity index (χ1v) is 9.30. The molecule has 1 aliphatic heterocycles. The molecule has 1 heterocycles. The van der Waals surface area contributed by atoms with Gasteiger partial charge in [0.1, 0.15) is 5.78 Å². The van der Waals surface area contributed by atoms with E-state index in [0.717, 1.165) is 24.2 Å². The maximum atomic E-state index is 12.8. The van der Waals surface area contributed by atoms with E-state index in [1.165, 1.54) is 5.71 Å². The number of carbonyl (C=O) groups excluding carboxylic acids is 1. The molecule has 0 aromatic heterocycles. The van der Waals surface area contributed by atoms with Gasteiger partial charge in [-0.05, 0) is 30.7 Å². The predicted molar refractivity (Wildman–Crippen MR) is 103 cm³/mol. The summed E-state index contributed by atoms with van der Waals surface area (Å²) in [5.41, 5.74) is 9.98. The van der Waals surface area contributed by atoms with Crippen molar-refractivity contribution in [3.63, 3.8) is 0 Å². The Morgan fingerprint density at radius 3 is 2.42 bits per heavy atom. The summed E-state index contributed by atoms with van der Waals surface area (Å²) < 4.78 is 0. The fraction of sp³-hybridized carbons (Fsp3) is 0.333. The number of carbonyl (C=O) groups is 1. The lowest BCUT2D eigenvalue weighted by atomic mass is 9.66. The summed E-state index contributed by atoms with van der Waals surface area (Å²) >= 11 is 0. The Bertz CT molecular complexity index is 836. The number of hydrogen-bond acceptors (Lipinski definition) is 5. The zero-order valence-electron chi connectivity index (χ0n) is 14.5. The quantitative estimate of drug-likeness (QED) is 0.835. The van der Waals surface area contributed by atoms with Crippen LogP contribution in [0.2, 0.25) is 0 Å². The molecular weight excluding hydrogens is 324 g/mol. The zero-order chi connectivity index (χ0) is 17.5. The minimum atomic E-state index is 0.0714. The molecule has 0 spiro atoms. The lowest BCUT2D eigenvalue weighted by molar-refractivity contribution is -0.126. The fourth-order valence-electron chi connectivity index (χ4n) is 4.59. The van der Waals surface area contributed by atoms with Crippen LogP contribution in [-0.4, -0.2) is 23.6 Å². The number of ketones is 1. The smallest absolute Gasteiger partial charge is 0.139 e. The van der Waals surface area contributed by atoms with Crippen LogP contribution in [0.15, 0.2) is 65.8 Å². The third kappa shape index (κ3) is 2.59. The summed E-state index contributed by atoms with van der Waals surface area (Å²) in [5.74, 6) is 0.838. The van der Waals surface area contributed by atoms with E-state index in [2.05, 4.69) is 28.0 Å². The van der Waals surface area contributed by atoms with E-state index in [9.17, 15) is 4.79 Å². The van der Waals surface area contributed by atoms with Gasteiger partial charge in [0.25, 0.3) is 0 Å². The van der Waals surface area contributed by atoms with E-state index in [-0.39, 0.29) is 18.0 Å². The van der Waals surface area contributed by atoms with E-state index in [1.807, 2.05) is 48.5 Å². The number of nitrogens with zero attached hydrogens (tertiary/aromatic N) is 2. The Balaban J connectivity index is 1.38. The molecule has 4 atom stereocenters. The van der Waals surface area contributed by atoms with Gasteiger partial charge in [-0.3, -0.25) is 9.80 Å². The monoisotopic (exact) mass is 346 g/mol. The van der Waals surface area contributed by atoms with Gasteiger partial charge in [0.2, 0.25) is 0 Å². The molecule has 0 saturated heterocycles. The van der Waals surface area contributed by atoms with Gasteiger partial charge in [0.15, 0.2) is 0 Å². The summed E-state index contributed by atoms with van der Waals surface area (Å²) in [6.45, 7) is 0. The first kappa shape index (κ1) is 15.6. The summed E-state index contributed by atoms with van der Waals surface area (Å²) in [6, 6.07) is 20.5. The average molecular weight is 346 g/mol. The zero-order valence-corrected chi connectivity index (χ0v) is 14.5. The van der Waals surface area contributed by atoms with E-state index in [4.69, 9.17) is 5.10 Å². The van der Waals surface area contributed by atoms with Crippen molar-refractivity contribution in [1.29, 1.82) is 0 Å². The minimum absolute atomic E-state index is 0.0714. The molecule has 2 fully saturated rings. The first-order valence-electron chi connectivity index (χ1n) is 9.30. The Morgan fingerprint density at radius 2 is 1.65 bits per heavy atom. The van der Waals surface area contributed by atoms with Crippen LogP contribution in [0.5, 0.6) is 0 Å². The Kier molecular flexibility index (Phi) is 3.75. The molecule has 4 unspecified atom stereocenters. The molecule has 26 heavy (non-hydrogen) atoms. The summed E-state index contributed by atoms with van der Waals surface area (Å²) in [5, 5.41) is 7.01. The molecule has 0 radical (unpaired) electrons. The molecule has 3 aliphatic rings. The molecule has 5 heteroatoms. The highest BCUT2D eigenvalue weighted by molar-refractivity contribution is 5.98. The number of anilines is 2. The second-order valence-electron chi connectivity index (χ2n) is 7.40. The molecule has 0 amide bonds. The van der Waals surface area contributed by atoms with Gasteiger partial charge in [0, 0.05) is 42.1 Å². The highest BCUT2D eigenvalue weighted by Gasteiger charge is 2.51. The van der Waals surface area contributed by atoms with Crippen LogP contribution in [0.1, 0.15) is 19.3 Å². The first-order chi connectivity index (χ1) is 12.8. The van der Waals surface area contributed by atoms with Crippen LogP contribution in [-0.2, 0) is 4.79 Å². The Labute approximate surface area is 153 Å². The molecule has 2 aromatic rings. The van der Waals surface area contributed by atoms with Crippen LogP contribution in [0.3, 0.4) is 0 Å². The van der Waals surface area contributed by atoms with Gasteiger partial charge in [-0.15, -0.1) is 0 Å². The number of nitrogens with one attached hydrogen (secondary N) is 2. The van der Waals surface area contributed by atoms with E-state index >= 15 is 0 Å². The van der Waals surface area contributed by atoms with Crippen LogP contribution in [0.4, 0.5) is 11.4 Å². The topological polar surface area (TPSA) is 56.7 Å². The largest absolute Gasteiger partial charge is 0.321 e. The molecule has 5 nitrogen and oxygen atoms in total. The standard InChI is InChI=1S/C21H22N4O/c26-21-13-20-16-11-17(21)18(23-22-14-7-3-1-4-8-14)12-19(16)24-25(20)15-9-5-2-6-10-15/h1-10,16-18,20,22-23H,11-13H2. The van der Waals surface area contributed by atoms with Crippen LogP contribution in [0, 0.1) is 11.8 Å².